The summed E-state index contributed by atoms with van der Waals surface area (Å²) in [5.74, 6) is 0.871. The molecule has 4 rings (SSSR count). The lowest BCUT2D eigenvalue weighted by atomic mass is 10.2. The summed E-state index contributed by atoms with van der Waals surface area (Å²) in [7, 11) is 3.89. The Morgan fingerprint density at radius 2 is 1.88 bits per heavy atom. The Labute approximate surface area is 205 Å². The van der Waals surface area contributed by atoms with Crippen molar-refractivity contribution in [2.45, 2.75) is 20.0 Å². The third kappa shape index (κ3) is 5.17. The van der Waals surface area contributed by atoms with Crippen LogP contribution in [-0.4, -0.2) is 30.0 Å². The molecule has 0 unspecified atom stereocenters. The predicted octanol–water partition coefficient (Wildman–Crippen LogP) is 5.39. The van der Waals surface area contributed by atoms with Crippen LogP contribution in [-0.2, 0) is 13.0 Å². The number of aromatic nitrogens is 2. The molecule has 0 N–H and O–H groups in total. The van der Waals surface area contributed by atoms with Crippen LogP contribution >= 0.6 is 15.9 Å². The highest BCUT2D eigenvalue weighted by molar-refractivity contribution is 9.10. The van der Waals surface area contributed by atoms with Crippen LogP contribution in [0.4, 0.5) is 10.1 Å². The van der Waals surface area contributed by atoms with Gasteiger partial charge in [-0.3, -0.25) is 4.79 Å². The standard InChI is InChI=1S/C26H24BrFN4O2/c1-4-25-30-23-12-8-19(27)13-22(23)26(33)32(25)29-15-18-7-11-21(31(2)3)14-24(18)34-16-17-5-9-20(28)10-6-17/h5-15H,4,16H2,1-3H3. The number of ether oxygens (including phenoxy) is 1. The molecule has 0 atom stereocenters. The number of fused-ring (bicyclic) bond motifs is 1. The first-order valence-electron chi connectivity index (χ1n) is 10.8. The SMILES string of the molecule is CCc1nc2ccc(Br)cc2c(=O)n1N=Cc1ccc(N(C)C)cc1OCc1ccc(F)cc1. The van der Waals surface area contributed by atoms with Crippen molar-refractivity contribution in [3.63, 3.8) is 0 Å². The molecule has 0 aliphatic heterocycles. The zero-order chi connectivity index (χ0) is 24.2. The Balaban J connectivity index is 1.72. The summed E-state index contributed by atoms with van der Waals surface area (Å²) in [5.41, 5.74) is 2.90. The first-order valence-corrected chi connectivity index (χ1v) is 11.6. The van der Waals surface area contributed by atoms with Gasteiger partial charge in [-0.15, -0.1) is 0 Å². The van der Waals surface area contributed by atoms with Gasteiger partial charge in [-0.25, -0.2) is 9.37 Å². The Bertz CT molecular complexity index is 1420. The maximum Gasteiger partial charge on any atom is 0.282 e. The smallest absolute Gasteiger partial charge is 0.282 e. The first kappa shape index (κ1) is 23.6. The topological polar surface area (TPSA) is 59.7 Å². The largest absolute Gasteiger partial charge is 0.488 e. The normalized spacial score (nSPS) is 11.3. The molecule has 174 valence electrons. The van der Waals surface area contributed by atoms with E-state index in [1.54, 1.807) is 24.4 Å². The Morgan fingerprint density at radius 1 is 1.12 bits per heavy atom. The van der Waals surface area contributed by atoms with Crippen molar-refractivity contribution >= 4 is 38.7 Å². The second-order valence-electron chi connectivity index (χ2n) is 7.94. The number of nitrogens with zero attached hydrogens (tertiary/aromatic N) is 4. The summed E-state index contributed by atoms with van der Waals surface area (Å²) < 4.78 is 21.4. The van der Waals surface area contributed by atoms with Crippen LogP contribution in [0.1, 0.15) is 23.9 Å². The highest BCUT2D eigenvalue weighted by Gasteiger charge is 2.11. The van der Waals surface area contributed by atoms with Crippen molar-refractivity contribution in [1.82, 2.24) is 9.66 Å². The van der Waals surface area contributed by atoms with E-state index in [0.717, 1.165) is 15.7 Å². The number of benzene rings is 3. The summed E-state index contributed by atoms with van der Waals surface area (Å²) in [6.07, 6.45) is 2.15. The van der Waals surface area contributed by atoms with Gasteiger partial charge in [-0.05, 0) is 48.0 Å². The quantitative estimate of drug-likeness (QED) is 0.305. The molecular weight excluding hydrogens is 499 g/mol. The lowest BCUT2D eigenvalue weighted by molar-refractivity contribution is 0.305. The summed E-state index contributed by atoms with van der Waals surface area (Å²) in [5, 5.41) is 4.97. The maximum atomic E-state index is 13.2. The number of hydrogen-bond donors (Lipinski definition) is 0. The third-order valence-electron chi connectivity index (χ3n) is 5.33. The summed E-state index contributed by atoms with van der Waals surface area (Å²) in [6.45, 7) is 2.20. The van der Waals surface area contributed by atoms with Gasteiger partial charge in [0.2, 0.25) is 0 Å². The molecule has 8 heteroatoms. The maximum absolute atomic E-state index is 13.2. The van der Waals surface area contributed by atoms with Crippen molar-refractivity contribution in [2.24, 2.45) is 5.10 Å². The van der Waals surface area contributed by atoms with Crippen molar-refractivity contribution in [2.75, 3.05) is 19.0 Å². The molecule has 0 radical (unpaired) electrons. The van der Waals surface area contributed by atoms with E-state index in [0.29, 0.717) is 34.5 Å². The number of halogens is 2. The molecule has 0 spiro atoms. The molecule has 0 fully saturated rings. The molecule has 0 aliphatic rings. The average molecular weight is 523 g/mol. The van der Waals surface area contributed by atoms with E-state index < -0.39 is 0 Å². The molecule has 0 bridgehead atoms. The lowest BCUT2D eigenvalue weighted by Crippen LogP contribution is -2.22. The second-order valence-corrected chi connectivity index (χ2v) is 8.85. The zero-order valence-corrected chi connectivity index (χ0v) is 20.7. The summed E-state index contributed by atoms with van der Waals surface area (Å²) >= 11 is 3.42. The van der Waals surface area contributed by atoms with Gasteiger partial charge in [-0.1, -0.05) is 35.0 Å². The van der Waals surface area contributed by atoms with Crippen molar-refractivity contribution in [3.05, 3.63) is 98.3 Å². The molecule has 4 aromatic rings. The fraction of sp³-hybridized carbons (Fsp3) is 0.192. The number of rotatable bonds is 7. The van der Waals surface area contributed by atoms with Gasteiger partial charge < -0.3 is 9.64 Å². The van der Waals surface area contributed by atoms with E-state index in [1.807, 2.05) is 56.3 Å². The highest BCUT2D eigenvalue weighted by Crippen LogP contribution is 2.25. The van der Waals surface area contributed by atoms with Crippen LogP contribution in [0.3, 0.4) is 0 Å². The highest BCUT2D eigenvalue weighted by atomic mass is 79.9. The Morgan fingerprint density at radius 3 is 2.59 bits per heavy atom. The van der Waals surface area contributed by atoms with E-state index >= 15 is 0 Å². The second kappa shape index (κ2) is 10.2. The van der Waals surface area contributed by atoms with Crippen LogP contribution in [0.15, 0.2) is 75.0 Å². The first-order chi connectivity index (χ1) is 16.4. The number of anilines is 1. The molecule has 0 aliphatic carbocycles. The van der Waals surface area contributed by atoms with E-state index in [-0.39, 0.29) is 18.0 Å². The van der Waals surface area contributed by atoms with Gasteiger partial charge in [0.25, 0.3) is 5.56 Å². The predicted molar refractivity (Wildman–Crippen MR) is 138 cm³/mol. The van der Waals surface area contributed by atoms with Gasteiger partial charge in [0, 0.05) is 42.3 Å². The van der Waals surface area contributed by atoms with Crippen LogP contribution in [0.25, 0.3) is 10.9 Å². The third-order valence-corrected chi connectivity index (χ3v) is 5.82. The van der Waals surface area contributed by atoms with E-state index in [2.05, 4.69) is 26.0 Å². The molecule has 6 nitrogen and oxygen atoms in total. The van der Waals surface area contributed by atoms with Crippen molar-refractivity contribution in [3.8, 4) is 5.75 Å². The number of aryl methyl sites for hydroxylation is 1. The minimum atomic E-state index is -0.292. The minimum absolute atomic E-state index is 0.238. The molecule has 1 aromatic heterocycles. The molecule has 34 heavy (non-hydrogen) atoms. The Hall–Kier alpha value is -3.52. The van der Waals surface area contributed by atoms with Crippen molar-refractivity contribution in [1.29, 1.82) is 0 Å². The fourth-order valence-corrected chi connectivity index (χ4v) is 3.80. The molecule has 1 heterocycles. The summed E-state index contributed by atoms with van der Waals surface area (Å²) in [4.78, 5) is 19.7. The van der Waals surface area contributed by atoms with Crippen LogP contribution in [0, 0.1) is 5.82 Å². The van der Waals surface area contributed by atoms with Gasteiger partial charge in [0.15, 0.2) is 0 Å². The molecular formula is C26H24BrFN4O2. The fourth-order valence-electron chi connectivity index (χ4n) is 3.44. The van der Waals surface area contributed by atoms with Crippen molar-refractivity contribution < 1.29 is 9.13 Å². The monoisotopic (exact) mass is 522 g/mol. The van der Waals surface area contributed by atoms with Gasteiger partial charge in [-0.2, -0.15) is 9.78 Å². The molecule has 0 saturated carbocycles. The van der Waals surface area contributed by atoms with E-state index in [4.69, 9.17) is 4.74 Å². The van der Waals surface area contributed by atoms with Crippen LogP contribution in [0.5, 0.6) is 5.75 Å². The molecule has 3 aromatic carbocycles. The van der Waals surface area contributed by atoms with Gasteiger partial charge in [0.05, 0.1) is 17.1 Å². The molecule has 0 amide bonds. The minimum Gasteiger partial charge on any atom is -0.488 e. The van der Waals surface area contributed by atoms with Crippen LogP contribution in [0.2, 0.25) is 0 Å². The van der Waals surface area contributed by atoms with Gasteiger partial charge >= 0.3 is 0 Å². The van der Waals surface area contributed by atoms with Crippen LogP contribution < -0.4 is 15.2 Å². The van der Waals surface area contributed by atoms with E-state index in [1.165, 1.54) is 16.8 Å². The molecule has 0 saturated heterocycles. The summed E-state index contributed by atoms with van der Waals surface area (Å²) in [6, 6.07) is 17.3. The van der Waals surface area contributed by atoms with E-state index in [9.17, 15) is 9.18 Å². The lowest BCUT2D eigenvalue weighted by Gasteiger charge is -2.16. The zero-order valence-electron chi connectivity index (χ0n) is 19.1. The average Bonchev–Trinajstić information content (AvgIpc) is 2.83. The van der Waals surface area contributed by atoms with Gasteiger partial charge in [0.1, 0.15) is 24.0 Å². The Kier molecular flexibility index (Phi) is 7.07. The number of hydrogen-bond acceptors (Lipinski definition) is 5.